The molecule has 2 unspecified atom stereocenters. The number of carbonyl (C=O) groups is 1. The minimum atomic E-state index is -0.532. The van der Waals surface area contributed by atoms with Crippen LogP contribution in [0.15, 0.2) is 28.7 Å². The molecule has 0 amide bonds. The Kier molecular flexibility index (Phi) is 3.04. The summed E-state index contributed by atoms with van der Waals surface area (Å²) in [6.07, 6.45) is -0.471. The van der Waals surface area contributed by atoms with Gasteiger partial charge in [-0.3, -0.25) is 0 Å². The number of hydrogen-bond donors (Lipinski definition) is 0. The molecule has 0 bridgehead atoms. The van der Waals surface area contributed by atoms with Gasteiger partial charge >= 0.3 is 5.97 Å². The van der Waals surface area contributed by atoms with Crippen molar-refractivity contribution in [2.24, 2.45) is 0 Å². The van der Waals surface area contributed by atoms with E-state index in [9.17, 15) is 4.79 Å². The molecule has 0 aliphatic carbocycles. The van der Waals surface area contributed by atoms with Crippen LogP contribution in [0, 0.1) is 0 Å². The van der Waals surface area contributed by atoms with E-state index in [1.54, 1.807) is 6.92 Å². The number of esters is 1. The third-order valence-corrected chi connectivity index (χ3v) is 3.20. The lowest BCUT2D eigenvalue weighted by atomic mass is 9.97. The Morgan fingerprint density at radius 1 is 1.62 bits per heavy atom. The average molecular weight is 285 g/mol. The zero-order chi connectivity index (χ0) is 11.8. The molecule has 4 heteroatoms. The quantitative estimate of drug-likeness (QED) is 0.633. The lowest BCUT2D eigenvalue weighted by Crippen LogP contribution is -2.18. The summed E-state index contributed by atoms with van der Waals surface area (Å²) in [5.41, 5.74) is 0.454. The van der Waals surface area contributed by atoms with E-state index in [1.165, 1.54) is 0 Å². The van der Waals surface area contributed by atoms with Crippen molar-refractivity contribution in [1.29, 1.82) is 0 Å². The van der Waals surface area contributed by atoms with Gasteiger partial charge in [0.2, 0.25) is 0 Å². The molecule has 0 aromatic heterocycles. The highest BCUT2D eigenvalue weighted by molar-refractivity contribution is 9.10. The minimum absolute atomic E-state index is 0.287. The topological polar surface area (TPSA) is 38.8 Å². The first-order valence-corrected chi connectivity index (χ1v) is 5.97. The number of ether oxygens (including phenoxy) is 2. The zero-order valence-electron chi connectivity index (χ0n) is 9.20. The Labute approximate surface area is 103 Å². The van der Waals surface area contributed by atoms with Crippen molar-refractivity contribution in [3.05, 3.63) is 34.3 Å². The number of benzene rings is 1. The molecule has 1 aliphatic heterocycles. The molecule has 1 saturated heterocycles. The van der Waals surface area contributed by atoms with Crippen LogP contribution in [-0.4, -0.2) is 18.7 Å². The van der Waals surface area contributed by atoms with Crippen LogP contribution in [0.2, 0.25) is 0 Å². The predicted molar refractivity (Wildman–Crippen MR) is 63.0 cm³/mol. The molecular formula is C12H13BrO3. The van der Waals surface area contributed by atoms with E-state index in [4.69, 9.17) is 9.47 Å². The maximum Gasteiger partial charge on any atom is 0.338 e. The third kappa shape index (κ3) is 1.99. The first-order chi connectivity index (χ1) is 7.58. The largest absolute Gasteiger partial charge is 0.464 e. The van der Waals surface area contributed by atoms with Gasteiger partial charge in [0.15, 0.2) is 6.10 Å². The first kappa shape index (κ1) is 11.6. The van der Waals surface area contributed by atoms with Gasteiger partial charge in [0, 0.05) is 4.47 Å². The van der Waals surface area contributed by atoms with Crippen LogP contribution in [0.3, 0.4) is 0 Å². The first-order valence-electron chi connectivity index (χ1n) is 5.18. The fourth-order valence-corrected chi connectivity index (χ4v) is 2.12. The molecule has 1 aliphatic rings. The van der Waals surface area contributed by atoms with Crippen molar-refractivity contribution in [3.63, 3.8) is 0 Å². The van der Waals surface area contributed by atoms with Crippen LogP contribution in [0.25, 0.3) is 0 Å². The van der Waals surface area contributed by atoms with E-state index >= 15 is 0 Å². The Balaban J connectivity index is 2.15. The molecule has 0 spiro atoms. The van der Waals surface area contributed by atoms with Gasteiger partial charge in [-0.2, -0.15) is 0 Å². The molecule has 1 fully saturated rings. The summed E-state index contributed by atoms with van der Waals surface area (Å²) < 4.78 is 11.4. The number of carbonyl (C=O) groups excluding carboxylic acids is 1. The van der Waals surface area contributed by atoms with Gasteiger partial charge in [-0.05, 0) is 31.5 Å². The van der Waals surface area contributed by atoms with Crippen molar-refractivity contribution < 1.29 is 14.3 Å². The van der Waals surface area contributed by atoms with E-state index in [2.05, 4.69) is 15.9 Å². The van der Waals surface area contributed by atoms with Crippen molar-refractivity contribution in [3.8, 4) is 0 Å². The number of rotatable bonds is 3. The SMILES string of the molecule is CCOC(=O)C1OC1(C)c1cccc(Br)c1. The van der Waals surface area contributed by atoms with E-state index in [1.807, 2.05) is 31.2 Å². The highest BCUT2D eigenvalue weighted by Gasteiger charge is 2.59. The predicted octanol–water partition coefficient (Wildman–Crippen LogP) is 2.63. The van der Waals surface area contributed by atoms with Gasteiger partial charge < -0.3 is 9.47 Å². The Hall–Kier alpha value is -0.870. The van der Waals surface area contributed by atoms with Gasteiger partial charge in [0.1, 0.15) is 5.60 Å². The molecule has 2 atom stereocenters. The van der Waals surface area contributed by atoms with Crippen LogP contribution >= 0.6 is 15.9 Å². The highest BCUT2D eigenvalue weighted by atomic mass is 79.9. The highest BCUT2D eigenvalue weighted by Crippen LogP contribution is 2.46. The average Bonchev–Trinajstić information content (AvgIpc) is 2.93. The maximum atomic E-state index is 11.5. The van der Waals surface area contributed by atoms with Crippen molar-refractivity contribution in [2.75, 3.05) is 6.61 Å². The van der Waals surface area contributed by atoms with Crippen LogP contribution in [0.4, 0.5) is 0 Å². The van der Waals surface area contributed by atoms with Crippen LogP contribution in [0.1, 0.15) is 19.4 Å². The monoisotopic (exact) mass is 284 g/mol. The zero-order valence-corrected chi connectivity index (χ0v) is 10.8. The molecule has 2 rings (SSSR count). The Morgan fingerprint density at radius 3 is 3.00 bits per heavy atom. The Bertz CT molecular complexity index is 418. The summed E-state index contributed by atoms with van der Waals surface area (Å²) in [7, 11) is 0. The Morgan fingerprint density at radius 2 is 2.38 bits per heavy atom. The van der Waals surface area contributed by atoms with E-state index < -0.39 is 11.7 Å². The molecule has 0 N–H and O–H groups in total. The van der Waals surface area contributed by atoms with Crippen LogP contribution < -0.4 is 0 Å². The standard InChI is InChI=1S/C12H13BrO3/c1-3-15-11(14)10-12(2,16-10)8-5-4-6-9(13)7-8/h4-7,10H,3H2,1-2H3. The second kappa shape index (κ2) is 4.18. The van der Waals surface area contributed by atoms with Gasteiger partial charge in [0.25, 0.3) is 0 Å². The van der Waals surface area contributed by atoms with Gasteiger partial charge in [-0.25, -0.2) is 4.79 Å². The van der Waals surface area contributed by atoms with Gasteiger partial charge in [0.05, 0.1) is 6.61 Å². The molecule has 1 aromatic carbocycles. The summed E-state index contributed by atoms with van der Waals surface area (Å²) in [6.45, 7) is 4.07. The van der Waals surface area contributed by atoms with Crippen LogP contribution in [0.5, 0.6) is 0 Å². The summed E-state index contributed by atoms with van der Waals surface area (Å²) in [6, 6.07) is 7.77. The molecule has 1 heterocycles. The van der Waals surface area contributed by atoms with Gasteiger partial charge in [-0.15, -0.1) is 0 Å². The van der Waals surface area contributed by atoms with E-state index in [0.29, 0.717) is 6.61 Å². The fraction of sp³-hybridized carbons (Fsp3) is 0.417. The van der Waals surface area contributed by atoms with E-state index in [0.717, 1.165) is 10.0 Å². The molecule has 0 saturated carbocycles. The lowest BCUT2D eigenvalue weighted by Gasteiger charge is -2.06. The second-order valence-corrected chi connectivity index (χ2v) is 4.78. The number of halogens is 1. The van der Waals surface area contributed by atoms with Crippen LogP contribution in [-0.2, 0) is 19.9 Å². The molecule has 1 aromatic rings. The molecule has 0 radical (unpaired) electrons. The van der Waals surface area contributed by atoms with Crippen molar-refractivity contribution in [2.45, 2.75) is 25.6 Å². The summed E-state index contributed by atoms with van der Waals surface area (Å²) in [5.74, 6) is -0.287. The summed E-state index contributed by atoms with van der Waals surface area (Å²) in [5, 5.41) is 0. The molecular weight excluding hydrogens is 272 g/mol. The summed E-state index contributed by atoms with van der Waals surface area (Å²) in [4.78, 5) is 11.5. The second-order valence-electron chi connectivity index (χ2n) is 3.87. The van der Waals surface area contributed by atoms with Crippen molar-refractivity contribution in [1.82, 2.24) is 0 Å². The summed E-state index contributed by atoms with van der Waals surface area (Å²) >= 11 is 3.40. The fourth-order valence-electron chi connectivity index (χ4n) is 1.72. The number of hydrogen-bond acceptors (Lipinski definition) is 3. The maximum absolute atomic E-state index is 11.5. The van der Waals surface area contributed by atoms with E-state index in [-0.39, 0.29) is 5.97 Å². The smallest absolute Gasteiger partial charge is 0.338 e. The van der Waals surface area contributed by atoms with Crippen molar-refractivity contribution >= 4 is 21.9 Å². The number of epoxide rings is 1. The lowest BCUT2D eigenvalue weighted by molar-refractivity contribution is -0.144. The molecule has 3 nitrogen and oxygen atoms in total. The molecule has 86 valence electrons. The molecule has 16 heavy (non-hydrogen) atoms. The normalized spacial score (nSPS) is 27.6. The minimum Gasteiger partial charge on any atom is -0.464 e. The third-order valence-electron chi connectivity index (χ3n) is 2.70. The van der Waals surface area contributed by atoms with Gasteiger partial charge in [-0.1, -0.05) is 28.1 Å².